The number of hydrogen-bond donors (Lipinski definition) is 2. The number of carbonyl (C=O) groups excluding carboxylic acids is 5. The molecule has 1 unspecified atom stereocenters. The van der Waals surface area contributed by atoms with Crippen LogP contribution in [0.25, 0.3) is 22.0 Å². The van der Waals surface area contributed by atoms with Gasteiger partial charge >= 0.3 is 0 Å². The standard InChI is InChI=1S/C43H46ClF2N7O9/c1-3-7-32(41(56)50-26-54)53-42(57)27-8-5-10-31(35(27)43(53)58)47-12-17-59-18-19-60-20-21-61-22-23-62-33-11-6-9-30(45)37(33)36-29(44)24-28-39(38(36)46)48-25-49-40(28)52-15-13-51(14-16-52)34(55)4-2/h4-6,8-11,24-26,32,47H,2-3,7,12-23H2,1H3,(H,50,54,56). The fourth-order valence-corrected chi connectivity index (χ4v) is 7.57. The molecule has 6 rings (SSSR count). The molecule has 16 nitrogen and oxygen atoms in total. The second-order valence-corrected chi connectivity index (χ2v) is 14.4. The summed E-state index contributed by atoms with van der Waals surface area (Å²) in [6.07, 6.45) is 3.44. The molecule has 4 aromatic rings. The number of fused-ring (bicyclic) bond motifs is 2. The molecule has 3 heterocycles. The van der Waals surface area contributed by atoms with Crippen LogP contribution >= 0.6 is 11.6 Å². The molecule has 0 aliphatic carbocycles. The Hall–Kier alpha value is -6.08. The van der Waals surface area contributed by atoms with Crippen molar-refractivity contribution in [1.82, 2.24) is 25.1 Å². The van der Waals surface area contributed by atoms with Crippen molar-refractivity contribution in [1.29, 1.82) is 0 Å². The number of rotatable bonds is 22. The van der Waals surface area contributed by atoms with Gasteiger partial charge in [-0.25, -0.2) is 18.7 Å². The van der Waals surface area contributed by atoms with Crippen LogP contribution in [0.5, 0.6) is 5.75 Å². The van der Waals surface area contributed by atoms with Crippen LogP contribution in [-0.4, -0.2) is 135 Å². The molecule has 3 aromatic carbocycles. The maximum atomic E-state index is 16.3. The third-order valence-electron chi connectivity index (χ3n) is 10.2. The van der Waals surface area contributed by atoms with Crippen LogP contribution in [0.15, 0.2) is 61.4 Å². The maximum Gasteiger partial charge on any atom is 0.264 e. The molecule has 0 saturated carbocycles. The van der Waals surface area contributed by atoms with Gasteiger partial charge in [0.2, 0.25) is 18.2 Å². The van der Waals surface area contributed by atoms with Gasteiger partial charge in [-0.2, -0.15) is 0 Å². The average Bonchev–Trinajstić information content (AvgIpc) is 3.53. The molecule has 328 valence electrons. The summed E-state index contributed by atoms with van der Waals surface area (Å²) in [6.45, 7) is 8.84. The summed E-state index contributed by atoms with van der Waals surface area (Å²) in [7, 11) is 0. The predicted molar refractivity (Wildman–Crippen MR) is 225 cm³/mol. The van der Waals surface area contributed by atoms with Crippen LogP contribution in [0.2, 0.25) is 5.02 Å². The molecule has 1 fully saturated rings. The molecule has 1 atom stereocenters. The highest BCUT2D eigenvalue weighted by Crippen LogP contribution is 2.42. The normalized spacial score (nSPS) is 14.2. The van der Waals surface area contributed by atoms with E-state index in [0.717, 1.165) is 4.90 Å². The zero-order chi connectivity index (χ0) is 44.2. The Labute approximate surface area is 361 Å². The number of hydrogen-bond acceptors (Lipinski definition) is 13. The first-order valence-corrected chi connectivity index (χ1v) is 20.4. The highest BCUT2D eigenvalue weighted by atomic mass is 35.5. The van der Waals surface area contributed by atoms with Crippen LogP contribution in [-0.2, 0) is 28.6 Å². The van der Waals surface area contributed by atoms with Crippen molar-refractivity contribution < 1.29 is 51.7 Å². The third-order valence-corrected chi connectivity index (χ3v) is 10.5. The van der Waals surface area contributed by atoms with Crippen LogP contribution in [0, 0.1) is 11.6 Å². The first-order chi connectivity index (χ1) is 30.1. The number of amides is 5. The first kappa shape index (κ1) is 45.4. The molecular formula is C43H46ClF2N7O9. The Balaban J connectivity index is 0.920. The second kappa shape index (κ2) is 21.6. The van der Waals surface area contributed by atoms with Crippen molar-refractivity contribution in [2.75, 3.05) is 89.2 Å². The highest BCUT2D eigenvalue weighted by Gasteiger charge is 2.43. The van der Waals surface area contributed by atoms with E-state index in [1.54, 1.807) is 24.0 Å². The summed E-state index contributed by atoms with van der Waals surface area (Å²) in [5.74, 6) is -3.17. The number of nitrogens with zero attached hydrogens (tertiary/aromatic N) is 5. The molecule has 1 saturated heterocycles. The zero-order valence-electron chi connectivity index (χ0n) is 34.0. The molecule has 0 bridgehead atoms. The first-order valence-electron chi connectivity index (χ1n) is 20.0. The lowest BCUT2D eigenvalue weighted by Crippen LogP contribution is -2.49. The lowest BCUT2D eigenvalue weighted by molar-refractivity contribution is -0.129. The molecule has 0 spiro atoms. The topological polar surface area (TPSA) is 182 Å². The predicted octanol–water partition coefficient (Wildman–Crippen LogP) is 4.64. The summed E-state index contributed by atoms with van der Waals surface area (Å²) in [4.78, 5) is 74.9. The molecule has 0 radical (unpaired) electrons. The monoisotopic (exact) mass is 877 g/mol. The Kier molecular flexibility index (Phi) is 15.9. The van der Waals surface area contributed by atoms with Crippen LogP contribution in [0.4, 0.5) is 20.3 Å². The van der Waals surface area contributed by atoms with Gasteiger partial charge in [-0.05, 0) is 42.8 Å². The SMILES string of the molecule is C=CC(=O)N1CCN(c2ncnc3c(F)c(-c4c(F)cccc4OCCOCCOCCOCCNc4cccc5c4C(=O)N(C(CCC)C(=O)NC=O)C5=O)c(Cl)cc23)CC1. The van der Waals surface area contributed by atoms with E-state index in [1.807, 2.05) is 10.2 Å². The summed E-state index contributed by atoms with van der Waals surface area (Å²) >= 11 is 6.66. The summed E-state index contributed by atoms with van der Waals surface area (Å²) < 4.78 is 54.3. The van der Waals surface area contributed by atoms with Gasteiger partial charge in [-0.3, -0.25) is 34.2 Å². The number of carbonyl (C=O) groups is 5. The van der Waals surface area contributed by atoms with Gasteiger partial charge in [0.25, 0.3) is 11.8 Å². The Morgan fingerprint density at radius 3 is 2.29 bits per heavy atom. The van der Waals surface area contributed by atoms with Crippen molar-refractivity contribution in [2.45, 2.75) is 25.8 Å². The maximum absolute atomic E-state index is 16.3. The van der Waals surface area contributed by atoms with E-state index in [9.17, 15) is 24.0 Å². The van der Waals surface area contributed by atoms with Gasteiger partial charge in [-0.1, -0.05) is 43.7 Å². The molecule has 2 aliphatic heterocycles. The minimum atomic E-state index is -1.11. The van der Waals surface area contributed by atoms with E-state index in [4.69, 9.17) is 30.5 Å². The fraction of sp³-hybridized carbons (Fsp3) is 0.372. The van der Waals surface area contributed by atoms with Crippen LogP contribution in [0.3, 0.4) is 0 Å². The van der Waals surface area contributed by atoms with Gasteiger partial charge in [0.1, 0.15) is 41.9 Å². The fourth-order valence-electron chi connectivity index (χ4n) is 7.28. The lowest BCUT2D eigenvalue weighted by Gasteiger charge is -2.35. The minimum Gasteiger partial charge on any atom is -0.490 e. The van der Waals surface area contributed by atoms with E-state index in [-0.39, 0.29) is 104 Å². The van der Waals surface area contributed by atoms with Gasteiger partial charge in [0, 0.05) is 49.4 Å². The lowest BCUT2D eigenvalue weighted by atomic mass is 10.0. The minimum absolute atomic E-state index is 0.0171. The number of benzene rings is 3. The summed E-state index contributed by atoms with van der Waals surface area (Å²) in [6, 6.07) is 9.35. The van der Waals surface area contributed by atoms with E-state index in [0.29, 0.717) is 56.0 Å². The van der Waals surface area contributed by atoms with Crippen LogP contribution in [0.1, 0.15) is 40.5 Å². The largest absolute Gasteiger partial charge is 0.490 e. The van der Waals surface area contributed by atoms with Gasteiger partial charge in [0.15, 0.2) is 5.82 Å². The molecule has 2 N–H and O–H groups in total. The number of ether oxygens (including phenoxy) is 4. The van der Waals surface area contributed by atoms with Crippen molar-refractivity contribution in [3.63, 3.8) is 0 Å². The number of halogens is 3. The van der Waals surface area contributed by atoms with Crippen molar-refractivity contribution >= 4 is 64.0 Å². The number of imide groups is 2. The molecular weight excluding hydrogens is 832 g/mol. The Bertz CT molecular complexity index is 2310. The van der Waals surface area contributed by atoms with Crippen molar-refractivity contribution in [2.24, 2.45) is 0 Å². The zero-order valence-corrected chi connectivity index (χ0v) is 34.8. The van der Waals surface area contributed by atoms with E-state index in [1.165, 1.54) is 42.7 Å². The smallest absolute Gasteiger partial charge is 0.264 e. The molecule has 5 amide bonds. The van der Waals surface area contributed by atoms with E-state index < -0.39 is 35.4 Å². The molecule has 1 aromatic heterocycles. The quantitative estimate of drug-likeness (QED) is 0.0483. The number of aromatic nitrogens is 2. The Morgan fingerprint density at radius 1 is 0.903 bits per heavy atom. The molecule has 2 aliphatic rings. The molecule has 19 heteroatoms. The second-order valence-electron chi connectivity index (χ2n) is 14.0. The number of nitrogens with one attached hydrogen (secondary N) is 2. The van der Waals surface area contributed by atoms with E-state index >= 15 is 8.78 Å². The van der Waals surface area contributed by atoms with Gasteiger partial charge < -0.3 is 34.1 Å². The van der Waals surface area contributed by atoms with Crippen LogP contribution < -0.4 is 20.3 Å². The highest BCUT2D eigenvalue weighted by molar-refractivity contribution is 6.34. The summed E-state index contributed by atoms with van der Waals surface area (Å²) in [5.41, 5.74) is 0.342. The van der Waals surface area contributed by atoms with Gasteiger partial charge in [-0.15, -0.1) is 0 Å². The van der Waals surface area contributed by atoms with Crippen molar-refractivity contribution in [3.05, 3.63) is 89.2 Å². The molecule has 62 heavy (non-hydrogen) atoms. The number of anilines is 2. The Morgan fingerprint density at radius 2 is 1.60 bits per heavy atom. The van der Waals surface area contributed by atoms with E-state index in [2.05, 4.69) is 21.9 Å². The number of piperazine rings is 1. The third kappa shape index (κ3) is 10.2. The average molecular weight is 878 g/mol. The van der Waals surface area contributed by atoms with Gasteiger partial charge in [0.05, 0.1) is 61.4 Å². The summed E-state index contributed by atoms with van der Waals surface area (Å²) in [5, 5.41) is 5.45. The van der Waals surface area contributed by atoms with Crippen molar-refractivity contribution in [3.8, 4) is 16.9 Å².